The average Bonchev–Trinajstić information content (AvgIpc) is 3.15. The number of amides is 1. The third-order valence-electron chi connectivity index (χ3n) is 7.45. The van der Waals surface area contributed by atoms with E-state index in [4.69, 9.17) is 4.74 Å². The first-order valence-corrected chi connectivity index (χ1v) is 12.3. The summed E-state index contributed by atoms with van der Waals surface area (Å²) in [5.74, 6) is 3.44. The molecule has 7 nitrogen and oxygen atoms in total. The topological polar surface area (TPSA) is 72.3 Å². The van der Waals surface area contributed by atoms with Crippen LogP contribution in [0.2, 0.25) is 0 Å². The zero-order chi connectivity index (χ0) is 21.8. The molecule has 3 aliphatic rings. The van der Waals surface area contributed by atoms with E-state index in [1.54, 1.807) is 0 Å². The number of fused-ring (bicyclic) bond motifs is 1. The SMILES string of the molecule is O=C(CN1CCC(c2ccccc2)CC1)NC1CCc2nnc(C3CCOCC3)n2CC1. The van der Waals surface area contributed by atoms with Gasteiger partial charge in [0, 0.05) is 38.1 Å². The fourth-order valence-corrected chi connectivity index (χ4v) is 5.54. The Morgan fingerprint density at radius 1 is 0.938 bits per heavy atom. The number of nitrogens with one attached hydrogen (secondary N) is 1. The Hall–Kier alpha value is -2.25. The van der Waals surface area contributed by atoms with E-state index in [2.05, 4.69) is 55.3 Å². The van der Waals surface area contributed by atoms with Gasteiger partial charge >= 0.3 is 0 Å². The molecule has 1 aromatic carbocycles. The molecule has 5 rings (SSSR count). The van der Waals surface area contributed by atoms with Gasteiger partial charge in [-0.2, -0.15) is 0 Å². The summed E-state index contributed by atoms with van der Waals surface area (Å²) in [6, 6.07) is 11.0. The third-order valence-corrected chi connectivity index (χ3v) is 7.45. The fourth-order valence-electron chi connectivity index (χ4n) is 5.54. The number of carbonyl (C=O) groups is 1. The van der Waals surface area contributed by atoms with E-state index >= 15 is 0 Å². The number of nitrogens with zero attached hydrogens (tertiary/aromatic N) is 4. The standard InChI is InChI=1S/C25H35N5O2/c31-24(18-29-13-8-20(9-14-29)19-4-2-1-3-5-19)26-22-6-7-23-27-28-25(30(23)15-10-22)21-11-16-32-17-12-21/h1-5,20-22H,6-18H2,(H,26,31). The molecule has 1 amide bonds. The molecule has 0 aliphatic carbocycles. The first-order chi connectivity index (χ1) is 15.8. The molecular weight excluding hydrogens is 402 g/mol. The first-order valence-electron chi connectivity index (χ1n) is 12.3. The Morgan fingerprint density at radius 3 is 2.50 bits per heavy atom. The molecule has 0 spiro atoms. The van der Waals surface area contributed by atoms with E-state index in [9.17, 15) is 4.79 Å². The minimum Gasteiger partial charge on any atom is -0.381 e. The quantitative estimate of drug-likeness (QED) is 0.779. The lowest BCUT2D eigenvalue weighted by molar-refractivity contribution is -0.123. The molecule has 0 saturated carbocycles. The summed E-state index contributed by atoms with van der Waals surface area (Å²) in [6.45, 7) is 5.02. The monoisotopic (exact) mass is 437 g/mol. The maximum Gasteiger partial charge on any atom is 0.234 e. The van der Waals surface area contributed by atoms with Crippen LogP contribution >= 0.6 is 0 Å². The summed E-state index contributed by atoms with van der Waals surface area (Å²) in [5.41, 5.74) is 1.43. The van der Waals surface area contributed by atoms with Crippen LogP contribution in [0.3, 0.4) is 0 Å². The number of likely N-dealkylation sites (tertiary alicyclic amines) is 1. The molecule has 4 heterocycles. The molecule has 1 N–H and O–H groups in total. The number of ether oxygens (including phenoxy) is 1. The molecule has 2 aromatic rings. The van der Waals surface area contributed by atoms with Gasteiger partial charge in [0.2, 0.25) is 5.91 Å². The van der Waals surface area contributed by atoms with E-state index in [1.165, 1.54) is 5.56 Å². The predicted octanol–water partition coefficient (Wildman–Crippen LogP) is 2.87. The van der Waals surface area contributed by atoms with Gasteiger partial charge in [0.1, 0.15) is 11.6 Å². The average molecular weight is 438 g/mol. The van der Waals surface area contributed by atoms with Crippen molar-refractivity contribution in [2.45, 2.75) is 69.4 Å². The highest BCUT2D eigenvalue weighted by Gasteiger charge is 2.27. The normalized spacial score (nSPS) is 23.4. The number of aromatic nitrogens is 3. The zero-order valence-electron chi connectivity index (χ0n) is 18.9. The van der Waals surface area contributed by atoms with Crippen molar-refractivity contribution in [3.63, 3.8) is 0 Å². The minimum absolute atomic E-state index is 0.162. The van der Waals surface area contributed by atoms with Crippen LogP contribution in [0, 0.1) is 0 Å². The summed E-state index contributed by atoms with van der Waals surface area (Å²) >= 11 is 0. The number of carbonyl (C=O) groups excluding carboxylic acids is 1. The number of hydrogen-bond acceptors (Lipinski definition) is 5. The second kappa shape index (κ2) is 10.1. The van der Waals surface area contributed by atoms with Crippen molar-refractivity contribution in [1.29, 1.82) is 0 Å². The van der Waals surface area contributed by atoms with Crippen molar-refractivity contribution in [3.8, 4) is 0 Å². The van der Waals surface area contributed by atoms with E-state index in [1.807, 2.05) is 0 Å². The minimum atomic E-state index is 0.162. The second-order valence-electron chi connectivity index (χ2n) is 9.57. The van der Waals surface area contributed by atoms with Crippen molar-refractivity contribution >= 4 is 5.91 Å². The molecule has 0 bridgehead atoms. The van der Waals surface area contributed by atoms with E-state index in [0.717, 1.165) is 89.4 Å². The molecule has 172 valence electrons. The van der Waals surface area contributed by atoms with Crippen molar-refractivity contribution < 1.29 is 9.53 Å². The predicted molar refractivity (Wildman–Crippen MR) is 123 cm³/mol. The lowest BCUT2D eigenvalue weighted by atomic mass is 9.89. The highest BCUT2D eigenvalue weighted by molar-refractivity contribution is 5.78. The maximum absolute atomic E-state index is 12.8. The van der Waals surface area contributed by atoms with Gasteiger partial charge in [-0.1, -0.05) is 30.3 Å². The van der Waals surface area contributed by atoms with Crippen LogP contribution in [0.15, 0.2) is 30.3 Å². The molecule has 2 saturated heterocycles. The molecule has 7 heteroatoms. The smallest absolute Gasteiger partial charge is 0.234 e. The van der Waals surface area contributed by atoms with Gasteiger partial charge < -0.3 is 14.6 Å². The van der Waals surface area contributed by atoms with Gasteiger partial charge in [0.05, 0.1) is 6.54 Å². The van der Waals surface area contributed by atoms with E-state index in [0.29, 0.717) is 18.4 Å². The number of piperidine rings is 1. The van der Waals surface area contributed by atoms with Gasteiger partial charge in [-0.15, -0.1) is 10.2 Å². The van der Waals surface area contributed by atoms with Gasteiger partial charge in [-0.05, 0) is 63.1 Å². The van der Waals surface area contributed by atoms with Crippen LogP contribution in [-0.4, -0.2) is 64.5 Å². The summed E-state index contributed by atoms with van der Waals surface area (Å²) in [5, 5.41) is 12.3. The van der Waals surface area contributed by atoms with Crippen molar-refractivity contribution in [2.24, 2.45) is 0 Å². The van der Waals surface area contributed by atoms with Gasteiger partial charge in [-0.25, -0.2) is 0 Å². The molecule has 3 aliphatic heterocycles. The Bertz CT molecular complexity index is 885. The van der Waals surface area contributed by atoms with Crippen molar-refractivity contribution in [1.82, 2.24) is 25.0 Å². The third kappa shape index (κ3) is 5.04. The van der Waals surface area contributed by atoms with Crippen molar-refractivity contribution in [2.75, 3.05) is 32.8 Å². The first kappa shape index (κ1) is 21.6. The number of aryl methyl sites for hydroxylation is 1. The van der Waals surface area contributed by atoms with Crippen LogP contribution in [0.4, 0.5) is 0 Å². The summed E-state index contributed by atoms with van der Waals surface area (Å²) in [7, 11) is 0. The lowest BCUT2D eigenvalue weighted by Crippen LogP contribution is -2.44. The highest BCUT2D eigenvalue weighted by atomic mass is 16.5. The fraction of sp³-hybridized carbons (Fsp3) is 0.640. The summed E-state index contributed by atoms with van der Waals surface area (Å²) in [4.78, 5) is 15.1. The molecule has 1 atom stereocenters. The van der Waals surface area contributed by atoms with Crippen LogP contribution in [-0.2, 0) is 22.5 Å². The van der Waals surface area contributed by atoms with Crippen LogP contribution in [0.25, 0.3) is 0 Å². The van der Waals surface area contributed by atoms with E-state index in [-0.39, 0.29) is 11.9 Å². The molecular formula is C25H35N5O2. The molecule has 0 radical (unpaired) electrons. The Labute approximate surface area is 190 Å². The molecule has 1 unspecified atom stereocenters. The van der Waals surface area contributed by atoms with Gasteiger partial charge in [-0.3, -0.25) is 9.69 Å². The van der Waals surface area contributed by atoms with E-state index < -0.39 is 0 Å². The number of benzene rings is 1. The number of rotatable bonds is 5. The Kier molecular flexibility index (Phi) is 6.83. The van der Waals surface area contributed by atoms with Crippen LogP contribution in [0.5, 0.6) is 0 Å². The van der Waals surface area contributed by atoms with Gasteiger partial charge in [0.25, 0.3) is 0 Å². The second-order valence-corrected chi connectivity index (χ2v) is 9.57. The highest BCUT2D eigenvalue weighted by Crippen LogP contribution is 2.29. The number of hydrogen-bond donors (Lipinski definition) is 1. The largest absolute Gasteiger partial charge is 0.381 e. The van der Waals surface area contributed by atoms with Gasteiger partial charge in [0.15, 0.2) is 0 Å². The molecule has 1 aromatic heterocycles. The van der Waals surface area contributed by atoms with Crippen molar-refractivity contribution in [3.05, 3.63) is 47.5 Å². The van der Waals surface area contributed by atoms with Crippen LogP contribution in [0.1, 0.15) is 67.6 Å². The molecule has 32 heavy (non-hydrogen) atoms. The Morgan fingerprint density at radius 2 is 1.72 bits per heavy atom. The molecule has 2 fully saturated rings. The zero-order valence-corrected chi connectivity index (χ0v) is 18.9. The lowest BCUT2D eigenvalue weighted by Gasteiger charge is -2.32. The summed E-state index contributed by atoms with van der Waals surface area (Å²) in [6.07, 6.45) is 7.08. The van der Waals surface area contributed by atoms with Crippen LogP contribution < -0.4 is 5.32 Å². The Balaban J connectivity index is 1.09. The summed E-state index contributed by atoms with van der Waals surface area (Å²) < 4.78 is 7.83. The maximum atomic E-state index is 12.8.